The van der Waals surface area contributed by atoms with Crippen LogP contribution in [0.4, 0.5) is 0 Å². The third-order valence-corrected chi connectivity index (χ3v) is 2.15. The Balaban J connectivity index is 2.67. The molecule has 1 aromatic rings. The Bertz CT molecular complexity index is 338. The maximum Gasteiger partial charge on any atom is 0.272 e. The van der Waals surface area contributed by atoms with Gasteiger partial charge in [0.1, 0.15) is 5.69 Å². The van der Waals surface area contributed by atoms with Crippen LogP contribution in [0.25, 0.3) is 0 Å². The van der Waals surface area contributed by atoms with Crippen molar-refractivity contribution in [2.45, 2.75) is 13.3 Å². The van der Waals surface area contributed by atoms with Crippen molar-refractivity contribution < 1.29 is 4.79 Å². The number of carbonyl (C=O) groups is 1. The van der Waals surface area contributed by atoms with Gasteiger partial charge in [0.25, 0.3) is 5.91 Å². The second-order valence-corrected chi connectivity index (χ2v) is 3.53. The summed E-state index contributed by atoms with van der Waals surface area (Å²) in [7, 11) is 1.77. The van der Waals surface area contributed by atoms with E-state index in [0.29, 0.717) is 18.8 Å². The molecule has 0 saturated carbocycles. The second kappa shape index (κ2) is 5.46. The van der Waals surface area contributed by atoms with Crippen LogP contribution >= 0.6 is 0 Å². The summed E-state index contributed by atoms with van der Waals surface area (Å²) in [5.41, 5.74) is 6.74. The predicted octanol–water partition coefficient (Wildman–Crippen LogP) is 0.811. The van der Waals surface area contributed by atoms with Crippen molar-refractivity contribution in [2.24, 2.45) is 5.73 Å². The van der Waals surface area contributed by atoms with E-state index in [-0.39, 0.29) is 5.91 Å². The topological polar surface area (TPSA) is 59.2 Å². The molecule has 0 aliphatic heterocycles. The highest BCUT2D eigenvalue weighted by Crippen LogP contribution is 2.02. The van der Waals surface area contributed by atoms with E-state index >= 15 is 0 Å². The van der Waals surface area contributed by atoms with Gasteiger partial charge in [0, 0.05) is 19.3 Å². The van der Waals surface area contributed by atoms with Crippen LogP contribution < -0.4 is 5.73 Å². The molecule has 82 valence electrons. The van der Waals surface area contributed by atoms with Gasteiger partial charge in [0.15, 0.2) is 0 Å². The molecule has 0 fully saturated rings. The SMILES string of the molecule is Cc1cccc(C(=O)N(C)CCCN)n1. The molecule has 1 aromatic heterocycles. The van der Waals surface area contributed by atoms with E-state index in [1.165, 1.54) is 0 Å². The number of carbonyl (C=O) groups excluding carboxylic acids is 1. The minimum Gasteiger partial charge on any atom is -0.340 e. The Kier molecular flexibility index (Phi) is 4.24. The van der Waals surface area contributed by atoms with E-state index in [9.17, 15) is 4.79 Å². The Morgan fingerprint density at radius 3 is 2.87 bits per heavy atom. The van der Waals surface area contributed by atoms with Gasteiger partial charge in [0.05, 0.1) is 0 Å². The van der Waals surface area contributed by atoms with Crippen molar-refractivity contribution in [3.05, 3.63) is 29.6 Å². The fraction of sp³-hybridized carbons (Fsp3) is 0.455. The van der Waals surface area contributed by atoms with Gasteiger partial charge in [-0.1, -0.05) is 6.07 Å². The monoisotopic (exact) mass is 207 g/mol. The molecule has 0 spiro atoms. The Hall–Kier alpha value is -1.42. The van der Waals surface area contributed by atoms with Gasteiger partial charge < -0.3 is 10.6 Å². The Labute approximate surface area is 90.1 Å². The third kappa shape index (κ3) is 3.32. The Morgan fingerprint density at radius 2 is 2.27 bits per heavy atom. The third-order valence-electron chi connectivity index (χ3n) is 2.15. The minimum absolute atomic E-state index is 0.0489. The summed E-state index contributed by atoms with van der Waals surface area (Å²) in [6.45, 7) is 3.14. The quantitative estimate of drug-likeness (QED) is 0.794. The lowest BCUT2D eigenvalue weighted by Crippen LogP contribution is -2.29. The first-order chi connectivity index (χ1) is 7.15. The van der Waals surface area contributed by atoms with Crippen molar-refractivity contribution in [1.82, 2.24) is 9.88 Å². The van der Waals surface area contributed by atoms with Crippen LogP contribution in [0.15, 0.2) is 18.2 Å². The summed E-state index contributed by atoms with van der Waals surface area (Å²) in [5, 5.41) is 0. The fourth-order valence-electron chi connectivity index (χ4n) is 1.29. The van der Waals surface area contributed by atoms with Crippen LogP contribution in [0.3, 0.4) is 0 Å². The number of hydrogen-bond donors (Lipinski definition) is 1. The van der Waals surface area contributed by atoms with Crippen molar-refractivity contribution in [2.75, 3.05) is 20.1 Å². The summed E-state index contributed by atoms with van der Waals surface area (Å²) in [4.78, 5) is 17.7. The highest BCUT2D eigenvalue weighted by atomic mass is 16.2. The maximum atomic E-state index is 11.8. The number of rotatable bonds is 4. The number of aromatic nitrogens is 1. The lowest BCUT2D eigenvalue weighted by atomic mass is 10.3. The van der Waals surface area contributed by atoms with Crippen LogP contribution in [0.1, 0.15) is 22.6 Å². The summed E-state index contributed by atoms with van der Waals surface area (Å²) >= 11 is 0. The van der Waals surface area contributed by atoms with Crippen LogP contribution in [0.2, 0.25) is 0 Å². The minimum atomic E-state index is -0.0489. The smallest absolute Gasteiger partial charge is 0.272 e. The zero-order valence-electron chi connectivity index (χ0n) is 9.23. The van der Waals surface area contributed by atoms with Crippen molar-refractivity contribution in [3.63, 3.8) is 0 Å². The molecule has 4 heteroatoms. The zero-order chi connectivity index (χ0) is 11.3. The normalized spacial score (nSPS) is 10.1. The van der Waals surface area contributed by atoms with E-state index in [1.807, 2.05) is 19.1 Å². The van der Waals surface area contributed by atoms with Gasteiger partial charge in [-0.05, 0) is 32.0 Å². The number of nitrogens with two attached hydrogens (primary N) is 1. The first kappa shape index (κ1) is 11.7. The molecule has 2 N–H and O–H groups in total. The molecule has 0 bridgehead atoms. The molecule has 0 aliphatic carbocycles. The van der Waals surface area contributed by atoms with E-state index in [2.05, 4.69) is 4.98 Å². The molecular weight excluding hydrogens is 190 g/mol. The molecule has 1 rings (SSSR count). The molecule has 15 heavy (non-hydrogen) atoms. The van der Waals surface area contributed by atoms with Crippen LogP contribution in [0.5, 0.6) is 0 Å². The summed E-state index contributed by atoms with van der Waals surface area (Å²) in [6, 6.07) is 5.44. The van der Waals surface area contributed by atoms with E-state index in [1.54, 1.807) is 18.0 Å². The average molecular weight is 207 g/mol. The lowest BCUT2D eigenvalue weighted by Gasteiger charge is -2.16. The maximum absolute atomic E-state index is 11.8. The molecule has 1 amide bonds. The first-order valence-electron chi connectivity index (χ1n) is 5.04. The van der Waals surface area contributed by atoms with Crippen molar-refractivity contribution >= 4 is 5.91 Å². The van der Waals surface area contributed by atoms with E-state index in [0.717, 1.165) is 12.1 Å². The number of nitrogens with zero attached hydrogens (tertiary/aromatic N) is 2. The summed E-state index contributed by atoms with van der Waals surface area (Å²) in [5.74, 6) is -0.0489. The molecule has 0 unspecified atom stereocenters. The number of hydrogen-bond acceptors (Lipinski definition) is 3. The highest BCUT2D eigenvalue weighted by Gasteiger charge is 2.11. The molecule has 0 atom stereocenters. The fourth-order valence-corrected chi connectivity index (χ4v) is 1.29. The van der Waals surface area contributed by atoms with Gasteiger partial charge in [-0.15, -0.1) is 0 Å². The first-order valence-corrected chi connectivity index (χ1v) is 5.04. The van der Waals surface area contributed by atoms with Crippen LogP contribution in [-0.2, 0) is 0 Å². The molecular formula is C11H17N3O. The number of pyridine rings is 1. The standard InChI is InChI=1S/C11H17N3O/c1-9-5-3-6-10(13-9)11(15)14(2)8-4-7-12/h3,5-6H,4,7-8,12H2,1-2H3. The van der Waals surface area contributed by atoms with Gasteiger partial charge >= 0.3 is 0 Å². The van der Waals surface area contributed by atoms with E-state index in [4.69, 9.17) is 5.73 Å². The van der Waals surface area contributed by atoms with Crippen molar-refractivity contribution in [3.8, 4) is 0 Å². The number of aryl methyl sites for hydroxylation is 1. The van der Waals surface area contributed by atoms with Gasteiger partial charge in [0.2, 0.25) is 0 Å². The molecule has 0 aromatic carbocycles. The van der Waals surface area contributed by atoms with Gasteiger partial charge in [-0.25, -0.2) is 4.98 Å². The van der Waals surface area contributed by atoms with Gasteiger partial charge in [-0.3, -0.25) is 4.79 Å². The average Bonchev–Trinajstić information content (AvgIpc) is 2.24. The van der Waals surface area contributed by atoms with Crippen molar-refractivity contribution in [1.29, 1.82) is 0 Å². The molecule has 0 radical (unpaired) electrons. The molecule has 0 saturated heterocycles. The molecule has 4 nitrogen and oxygen atoms in total. The number of amides is 1. The zero-order valence-corrected chi connectivity index (χ0v) is 9.23. The highest BCUT2D eigenvalue weighted by molar-refractivity contribution is 5.92. The largest absolute Gasteiger partial charge is 0.340 e. The van der Waals surface area contributed by atoms with Gasteiger partial charge in [-0.2, -0.15) is 0 Å². The summed E-state index contributed by atoms with van der Waals surface area (Å²) < 4.78 is 0. The second-order valence-electron chi connectivity index (χ2n) is 3.53. The van der Waals surface area contributed by atoms with E-state index < -0.39 is 0 Å². The van der Waals surface area contributed by atoms with Crippen LogP contribution in [-0.4, -0.2) is 35.9 Å². The predicted molar refractivity (Wildman–Crippen MR) is 59.6 cm³/mol. The Morgan fingerprint density at radius 1 is 1.53 bits per heavy atom. The molecule has 1 heterocycles. The lowest BCUT2D eigenvalue weighted by molar-refractivity contribution is 0.0788. The van der Waals surface area contributed by atoms with Crippen LogP contribution in [0, 0.1) is 6.92 Å². The molecule has 0 aliphatic rings. The summed E-state index contributed by atoms with van der Waals surface area (Å²) in [6.07, 6.45) is 0.814.